The monoisotopic (exact) mass is 264 g/mol. The van der Waals surface area contributed by atoms with Crippen molar-refractivity contribution in [2.45, 2.75) is 57.7 Å². The van der Waals surface area contributed by atoms with Crippen LogP contribution in [-0.2, 0) is 6.54 Å². The molecule has 19 heavy (non-hydrogen) atoms. The van der Waals surface area contributed by atoms with Crippen LogP contribution in [0.3, 0.4) is 0 Å². The summed E-state index contributed by atoms with van der Waals surface area (Å²) in [6.45, 7) is 5.42. The molecule has 0 saturated heterocycles. The molecule has 1 atom stereocenters. The summed E-state index contributed by atoms with van der Waals surface area (Å²) in [6, 6.07) is -0.00931. The molecule has 0 spiro atoms. The van der Waals surface area contributed by atoms with Crippen molar-refractivity contribution in [2.75, 3.05) is 14.1 Å². The number of nitrogens with zero attached hydrogens (tertiary/aromatic N) is 3. The molecular weight excluding hydrogens is 236 g/mol. The minimum absolute atomic E-state index is 0.00931. The summed E-state index contributed by atoms with van der Waals surface area (Å²) in [5.74, 6) is 1.86. The number of imidazole rings is 1. The first-order valence-electron chi connectivity index (χ1n) is 7.45. The normalized spacial score (nSPS) is 29.7. The molecule has 4 heteroatoms. The Balaban J connectivity index is 2.29. The lowest BCUT2D eigenvalue weighted by molar-refractivity contribution is 0.0526. The van der Waals surface area contributed by atoms with Gasteiger partial charge < -0.3 is 15.2 Å². The first-order chi connectivity index (χ1) is 9.01. The van der Waals surface area contributed by atoms with Gasteiger partial charge in [0, 0.05) is 24.5 Å². The van der Waals surface area contributed by atoms with Gasteiger partial charge in [-0.05, 0) is 52.6 Å². The average Bonchev–Trinajstić information content (AvgIpc) is 2.87. The van der Waals surface area contributed by atoms with Crippen LogP contribution < -0.4 is 5.73 Å². The van der Waals surface area contributed by atoms with Gasteiger partial charge in [-0.25, -0.2) is 4.98 Å². The molecule has 0 amide bonds. The number of aryl methyl sites for hydroxylation is 1. The molecule has 2 N–H and O–H groups in total. The van der Waals surface area contributed by atoms with Crippen molar-refractivity contribution in [3.63, 3.8) is 0 Å². The molecule has 0 bridgehead atoms. The minimum Gasteiger partial charge on any atom is -0.334 e. The number of rotatable bonds is 4. The second kappa shape index (κ2) is 5.63. The Bertz CT molecular complexity index is 402. The van der Waals surface area contributed by atoms with Crippen LogP contribution in [0.2, 0.25) is 0 Å². The highest BCUT2D eigenvalue weighted by Crippen LogP contribution is 2.42. The third-order valence-corrected chi connectivity index (χ3v) is 4.98. The number of likely N-dealkylation sites (N-methyl/N-ethyl adjacent to an activating group) is 1. The van der Waals surface area contributed by atoms with Crippen LogP contribution in [0.5, 0.6) is 0 Å². The largest absolute Gasteiger partial charge is 0.334 e. The molecule has 0 aromatic carbocycles. The summed E-state index contributed by atoms with van der Waals surface area (Å²) in [7, 11) is 4.32. The highest BCUT2D eigenvalue weighted by atomic mass is 15.2. The van der Waals surface area contributed by atoms with Crippen LogP contribution in [0.15, 0.2) is 12.4 Å². The van der Waals surface area contributed by atoms with Gasteiger partial charge in [-0.3, -0.25) is 0 Å². The molecule has 1 fully saturated rings. The SMILES string of the molecule is CCn1ccnc1C(N)C1(N(C)C)CCC(C)CC1. The molecule has 1 aromatic rings. The molecule has 0 aliphatic heterocycles. The molecule has 1 saturated carbocycles. The van der Waals surface area contributed by atoms with Gasteiger partial charge in [0.15, 0.2) is 0 Å². The van der Waals surface area contributed by atoms with E-state index in [1.807, 2.05) is 12.4 Å². The van der Waals surface area contributed by atoms with E-state index in [1.54, 1.807) is 0 Å². The van der Waals surface area contributed by atoms with Crippen LogP contribution in [0.4, 0.5) is 0 Å². The number of hydrogen-bond donors (Lipinski definition) is 1. The Hall–Kier alpha value is -0.870. The summed E-state index contributed by atoms with van der Waals surface area (Å²) < 4.78 is 2.17. The quantitative estimate of drug-likeness (QED) is 0.908. The van der Waals surface area contributed by atoms with Crippen LogP contribution in [0.1, 0.15) is 51.4 Å². The standard InChI is InChI=1S/C15H28N4/c1-5-19-11-10-17-14(19)13(16)15(18(3)4)8-6-12(2)7-9-15/h10-13H,5-9,16H2,1-4H3. The van der Waals surface area contributed by atoms with Crippen LogP contribution in [0, 0.1) is 5.92 Å². The Morgan fingerprint density at radius 3 is 2.63 bits per heavy atom. The predicted octanol–water partition coefficient (Wildman–Crippen LogP) is 2.41. The van der Waals surface area contributed by atoms with Crippen LogP contribution >= 0.6 is 0 Å². The summed E-state index contributed by atoms with van der Waals surface area (Å²) >= 11 is 0. The lowest BCUT2D eigenvalue weighted by atomic mass is 9.72. The van der Waals surface area contributed by atoms with Crippen molar-refractivity contribution in [1.29, 1.82) is 0 Å². The van der Waals surface area contributed by atoms with E-state index in [9.17, 15) is 0 Å². The van der Waals surface area contributed by atoms with Gasteiger partial charge in [0.2, 0.25) is 0 Å². The van der Waals surface area contributed by atoms with Crippen LogP contribution in [-0.4, -0.2) is 34.1 Å². The summed E-state index contributed by atoms with van der Waals surface area (Å²) in [5, 5.41) is 0. The van der Waals surface area contributed by atoms with Gasteiger partial charge >= 0.3 is 0 Å². The fraction of sp³-hybridized carbons (Fsp3) is 0.800. The fourth-order valence-electron chi connectivity index (χ4n) is 3.41. The number of hydrogen-bond acceptors (Lipinski definition) is 3. The predicted molar refractivity (Wildman–Crippen MR) is 78.9 cm³/mol. The molecule has 2 rings (SSSR count). The lowest BCUT2D eigenvalue weighted by Crippen LogP contribution is -2.54. The van der Waals surface area contributed by atoms with Gasteiger partial charge in [-0.15, -0.1) is 0 Å². The second-order valence-electron chi connectivity index (χ2n) is 6.23. The molecule has 1 aromatic heterocycles. The van der Waals surface area contributed by atoms with Crippen molar-refractivity contribution < 1.29 is 0 Å². The Labute approximate surface area is 117 Å². The zero-order valence-electron chi connectivity index (χ0n) is 12.8. The van der Waals surface area contributed by atoms with Crippen molar-refractivity contribution >= 4 is 0 Å². The lowest BCUT2D eigenvalue weighted by Gasteiger charge is -2.48. The topological polar surface area (TPSA) is 47.1 Å². The zero-order valence-corrected chi connectivity index (χ0v) is 12.8. The molecule has 1 aliphatic rings. The third-order valence-electron chi connectivity index (χ3n) is 4.98. The molecule has 1 heterocycles. The first kappa shape index (κ1) is 14.5. The first-order valence-corrected chi connectivity index (χ1v) is 7.45. The Kier molecular flexibility index (Phi) is 4.31. The van der Waals surface area contributed by atoms with Gasteiger partial charge in [0.25, 0.3) is 0 Å². The van der Waals surface area contributed by atoms with Crippen molar-refractivity contribution in [2.24, 2.45) is 11.7 Å². The molecule has 0 radical (unpaired) electrons. The van der Waals surface area contributed by atoms with Crippen LogP contribution in [0.25, 0.3) is 0 Å². The smallest absolute Gasteiger partial charge is 0.127 e. The molecule has 1 unspecified atom stereocenters. The van der Waals surface area contributed by atoms with E-state index in [1.165, 1.54) is 25.7 Å². The maximum Gasteiger partial charge on any atom is 0.127 e. The molecule has 108 valence electrons. The van der Waals surface area contributed by atoms with Gasteiger partial charge in [-0.1, -0.05) is 6.92 Å². The van der Waals surface area contributed by atoms with E-state index in [2.05, 4.69) is 42.4 Å². The Morgan fingerprint density at radius 1 is 1.47 bits per heavy atom. The van der Waals surface area contributed by atoms with Crippen molar-refractivity contribution in [3.05, 3.63) is 18.2 Å². The highest BCUT2D eigenvalue weighted by molar-refractivity contribution is 5.11. The van der Waals surface area contributed by atoms with Gasteiger partial charge in [0.05, 0.1) is 6.04 Å². The second-order valence-corrected chi connectivity index (χ2v) is 6.23. The van der Waals surface area contributed by atoms with E-state index in [0.717, 1.165) is 18.3 Å². The van der Waals surface area contributed by atoms with Crippen molar-refractivity contribution in [3.8, 4) is 0 Å². The Morgan fingerprint density at radius 2 is 2.11 bits per heavy atom. The fourth-order valence-corrected chi connectivity index (χ4v) is 3.41. The van der Waals surface area contributed by atoms with E-state index in [-0.39, 0.29) is 11.6 Å². The highest BCUT2D eigenvalue weighted by Gasteiger charge is 2.43. The third kappa shape index (κ3) is 2.56. The van der Waals surface area contributed by atoms with E-state index < -0.39 is 0 Å². The summed E-state index contributed by atoms with van der Waals surface area (Å²) in [5.41, 5.74) is 6.71. The maximum absolute atomic E-state index is 6.65. The van der Waals surface area contributed by atoms with Gasteiger partial charge in [0.1, 0.15) is 5.82 Å². The van der Waals surface area contributed by atoms with E-state index >= 15 is 0 Å². The van der Waals surface area contributed by atoms with E-state index in [0.29, 0.717) is 0 Å². The minimum atomic E-state index is -0.00931. The summed E-state index contributed by atoms with van der Waals surface area (Å²) in [6.07, 6.45) is 8.76. The zero-order chi connectivity index (χ0) is 14.0. The summed E-state index contributed by atoms with van der Waals surface area (Å²) in [4.78, 5) is 6.85. The maximum atomic E-state index is 6.65. The number of nitrogens with two attached hydrogens (primary N) is 1. The van der Waals surface area contributed by atoms with Gasteiger partial charge in [-0.2, -0.15) is 0 Å². The van der Waals surface area contributed by atoms with E-state index in [4.69, 9.17) is 5.73 Å². The molecular formula is C15H28N4. The molecule has 1 aliphatic carbocycles. The van der Waals surface area contributed by atoms with Crippen molar-refractivity contribution in [1.82, 2.24) is 14.5 Å². The average molecular weight is 264 g/mol. The number of aromatic nitrogens is 2. The molecule has 4 nitrogen and oxygen atoms in total.